The van der Waals surface area contributed by atoms with Crippen molar-refractivity contribution in [3.8, 4) is 0 Å². The van der Waals surface area contributed by atoms with Crippen LogP contribution in [0.2, 0.25) is 0 Å². The Kier molecular flexibility index (Phi) is 8.69. The van der Waals surface area contributed by atoms with Crippen molar-refractivity contribution in [1.82, 2.24) is 25.3 Å². The van der Waals surface area contributed by atoms with Gasteiger partial charge in [0.25, 0.3) is 5.91 Å². The molecule has 0 aromatic heterocycles. The van der Waals surface area contributed by atoms with Gasteiger partial charge in [0.15, 0.2) is 5.78 Å². The molecule has 0 radical (unpaired) electrons. The lowest BCUT2D eigenvalue weighted by Gasteiger charge is -2.33. The first-order valence-corrected chi connectivity index (χ1v) is 14.6. The number of piperazine rings is 1. The number of amides is 4. The van der Waals surface area contributed by atoms with Crippen LogP contribution in [-0.4, -0.2) is 109 Å². The Morgan fingerprint density at radius 1 is 0.974 bits per heavy atom. The number of likely N-dealkylation sites (tertiary alicyclic amines) is 3. The molecule has 2 N–H and O–H groups in total. The van der Waals surface area contributed by atoms with E-state index in [0.29, 0.717) is 37.9 Å². The number of urea groups is 1. The van der Waals surface area contributed by atoms with E-state index in [-0.39, 0.29) is 42.1 Å². The maximum Gasteiger partial charge on any atom is 0.320 e. The van der Waals surface area contributed by atoms with E-state index < -0.39 is 6.04 Å². The summed E-state index contributed by atoms with van der Waals surface area (Å²) in [6, 6.07) is 6.95. The number of hydrogen-bond acceptors (Lipinski definition) is 6. The van der Waals surface area contributed by atoms with Crippen molar-refractivity contribution in [3.05, 3.63) is 29.8 Å². The van der Waals surface area contributed by atoms with Crippen molar-refractivity contribution in [1.29, 1.82) is 0 Å². The average Bonchev–Trinajstić information content (AvgIpc) is 3.55. The molecule has 0 bridgehead atoms. The molecule has 5 rings (SSSR count). The Bertz CT molecular complexity index is 1050. The van der Waals surface area contributed by atoms with Crippen LogP contribution in [0.25, 0.3) is 0 Å². The fraction of sp³-hybridized carbons (Fsp3) is 0.655. The summed E-state index contributed by atoms with van der Waals surface area (Å²) in [5, 5.41) is 6.32. The minimum atomic E-state index is -0.512. The number of nitrogens with one attached hydrogen (secondary N) is 2. The lowest BCUT2D eigenvalue weighted by atomic mass is 10.0. The lowest BCUT2D eigenvalue weighted by Crippen LogP contribution is -2.49. The zero-order valence-corrected chi connectivity index (χ0v) is 23.1. The molecule has 4 aliphatic rings. The van der Waals surface area contributed by atoms with Gasteiger partial charge in [0, 0.05) is 70.0 Å². The largest absolute Gasteiger partial charge is 0.369 e. The highest BCUT2D eigenvalue weighted by atomic mass is 16.2. The first-order valence-electron chi connectivity index (χ1n) is 14.6. The minimum absolute atomic E-state index is 0.0286. The second-order valence-corrected chi connectivity index (χ2v) is 11.5. The molecule has 39 heavy (non-hydrogen) atoms. The molecule has 4 amide bonds. The number of rotatable bonds is 7. The van der Waals surface area contributed by atoms with Gasteiger partial charge in [-0.2, -0.15) is 0 Å². The van der Waals surface area contributed by atoms with Crippen molar-refractivity contribution < 1.29 is 19.2 Å². The van der Waals surface area contributed by atoms with Gasteiger partial charge in [-0.25, -0.2) is 4.79 Å². The smallest absolute Gasteiger partial charge is 0.320 e. The SMILES string of the molecule is CC(CCNC(=O)c1ccc(N2CCNCC2)cc1)CC(=O)N1CCC2C1C(=O)CN2C(=O)N1CCCCC1. The number of ketones is 1. The summed E-state index contributed by atoms with van der Waals surface area (Å²) in [4.78, 5) is 59.3. The molecule has 3 atom stereocenters. The Labute approximate surface area is 231 Å². The molecule has 4 aliphatic heterocycles. The number of nitrogens with zero attached hydrogens (tertiary/aromatic N) is 4. The molecule has 0 aliphatic carbocycles. The number of anilines is 1. The summed E-state index contributed by atoms with van der Waals surface area (Å²) >= 11 is 0. The quantitative estimate of drug-likeness (QED) is 0.548. The average molecular weight is 539 g/mol. The van der Waals surface area contributed by atoms with Gasteiger partial charge in [-0.05, 0) is 62.3 Å². The van der Waals surface area contributed by atoms with Crippen LogP contribution < -0.4 is 15.5 Å². The summed E-state index contributed by atoms with van der Waals surface area (Å²) < 4.78 is 0. The number of Topliss-reactive ketones (excluding diaryl/α,β-unsaturated/α-hetero) is 1. The second-order valence-electron chi connectivity index (χ2n) is 11.5. The first kappa shape index (κ1) is 27.4. The van der Waals surface area contributed by atoms with E-state index in [1.807, 2.05) is 36.1 Å². The molecule has 1 aromatic carbocycles. The third-order valence-corrected chi connectivity index (χ3v) is 8.67. The summed E-state index contributed by atoms with van der Waals surface area (Å²) in [5.74, 6) is -0.114. The normalized spacial score (nSPS) is 24.1. The van der Waals surface area contributed by atoms with Gasteiger partial charge < -0.3 is 30.2 Å². The van der Waals surface area contributed by atoms with Gasteiger partial charge in [0.1, 0.15) is 6.04 Å². The number of benzene rings is 1. The van der Waals surface area contributed by atoms with E-state index in [9.17, 15) is 19.2 Å². The van der Waals surface area contributed by atoms with Gasteiger partial charge in [-0.3, -0.25) is 14.4 Å². The molecule has 0 saturated carbocycles. The fourth-order valence-corrected chi connectivity index (χ4v) is 6.42. The zero-order valence-electron chi connectivity index (χ0n) is 23.1. The highest BCUT2D eigenvalue weighted by Gasteiger charge is 2.52. The number of carbonyl (C=O) groups is 4. The topological polar surface area (TPSA) is 105 Å². The number of piperidine rings is 1. The Morgan fingerprint density at radius 2 is 1.69 bits per heavy atom. The molecule has 10 nitrogen and oxygen atoms in total. The van der Waals surface area contributed by atoms with Crippen LogP contribution in [0.4, 0.5) is 10.5 Å². The predicted molar refractivity (Wildman–Crippen MR) is 149 cm³/mol. The van der Waals surface area contributed by atoms with Crippen LogP contribution in [0.3, 0.4) is 0 Å². The van der Waals surface area contributed by atoms with Gasteiger partial charge in [0.2, 0.25) is 5.91 Å². The van der Waals surface area contributed by atoms with Crippen LogP contribution in [-0.2, 0) is 9.59 Å². The molecule has 0 spiro atoms. The van der Waals surface area contributed by atoms with Crippen molar-refractivity contribution >= 4 is 29.3 Å². The summed E-state index contributed by atoms with van der Waals surface area (Å²) in [5.41, 5.74) is 1.76. The van der Waals surface area contributed by atoms with Crippen LogP contribution in [0.1, 0.15) is 55.8 Å². The molecular formula is C29H42N6O4. The Hall–Kier alpha value is -3.14. The molecule has 4 fully saturated rings. The number of fused-ring (bicyclic) bond motifs is 1. The zero-order chi connectivity index (χ0) is 27.4. The number of carbonyl (C=O) groups excluding carboxylic acids is 4. The van der Waals surface area contributed by atoms with Crippen molar-refractivity contribution in [3.63, 3.8) is 0 Å². The van der Waals surface area contributed by atoms with Crippen LogP contribution in [0.15, 0.2) is 24.3 Å². The number of hydrogen-bond donors (Lipinski definition) is 2. The van der Waals surface area contributed by atoms with Crippen LogP contribution in [0.5, 0.6) is 0 Å². The molecule has 212 valence electrons. The van der Waals surface area contributed by atoms with E-state index in [1.54, 1.807) is 9.80 Å². The lowest BCUT2D eigenvalue weighted by molar-refractivity contribution is -0.137. The Morgan fingerprint density at radius 3 is 2.41 bits per heavy atom. The minimum Gasteiger partial charge on any atom is -0.369 e. The highest BCUT2D eigenvalue weighted by Crippen LogP contribution is 2.32. The van der Waals surface area contributed by atoms with Gasteiger partial charge in [-0.1, -0.05) is 6.92 Å². The second kappa shape index (κ2) is 12.4. The molecule has 4 heterocycles. The van der Waals surface area contributed by atoms with E-state index in [4.69, 9.17) is 0 Å². The van der Waals surface area contributed by atoms with Crippen molar-refractivity contribution in [2.45, 2.75) is 57.5 Å². The third-order valence-electron chi connectivity index (χ3n) is 8.67. The van der Waals surface area contributed by atoms with Crippen molar-refractivity contribution in [2.75, 3.05) is 63.8 Å². The molecular weight excluding hydrogens is 496 g/mol. The summed E-state index contributed by atoms with van der Waals surface area (Å²) in [6.07, 6.45) is 4.81. The van der Waals surface area contributed by atoms with Gasteiger partial charge in [-0.15, -0.1) is 0 Å². The first-order chi connectivity index (χ1) is 18.9. The predicted octanol–water partition coefficient (Wildman–Crippen LogP) is 1.70. The van der Waals surface area contributed by atoms with E-state index >= 15 is 0 Å². The standard InChI is InChI=1S/C29H42N6O4/c1-21(9-11-31-28(38)22-5-7-23(8-6-22)32-17-12-30-13-18-32)19-26(37)34-16-10-24-27(34)25(36)20-35(24)29(39)33-14-3-2-4-15-33/h5-8,21,24,27,30H,2-4,9-20H2,1H3,(H,31,38). The molecule has 4 saturated heterocycles. The van der Waals surface area contributed by atoms with E-state index in [0.717, 1.165) is 64.2 Å². The summed E-state index contributed by atoms with van der Waals surface area (Å²) in [6.45, 7) is 8.46. The van der Waals surface area contributed by atoms with Gasteiger partial charge >= 0.3 is 6.03 Å². The highest BCUT2D eigenvalue weighted by molar-refractivity contribution is 5.97. The molecule has 1 aromatic rings. The third kappa shape index (κ3) is 6.21. The monoisotopic (exact) mass is 538 g/mol. The maximum atomic E-state index is 13.2. The summed E-state index contributed by atoms with van der Waals surface area (Å²) in [7, 11) is 0. The molecule has 3 unspecified atom stereocenters. The Balaban J connectivity index is 1.06. The van der Waals surface area contributed by atoms with E-state index in [2.05, 4.69) is 15.5 Å². The fourth-order valence-electron chi connectivity index (χ4n) is 6.42. The molecule has 10 heteroatoms. The maximum absolute atomic E-state index is 13.2. The van der Waals surface area contributed by atoms with Crippen LogP contribution >= 0.6 is 0 Å². The van der Waals surface area contributed by atoms with Crippen molar-refractivity contribution in [2.24, 2.45) is 5.92 Å². The van der Waals surface area contributed by atoms with Crippen LogP contribution in [0, 0.1) is 5.92 Å². The van der Waals surface area contributed by atoms with Gasteiger partial charge in [0.05, 0.1) is 12.6 Å². The van der Waals surface area contributed by atoms with E-state index in [1.165, 1.54) is 0 Å².